The van der Waals surface area contributed by atoms with E-state index in [1.54, 1.807) is 0 Å². The summed E-state index contributed by atoms with van der Waals surface area (Å²) < 4.78 is 2.24. The highest BCUT2D eigenvalue weighted by atomic mass is 15.0. The first kappa shape index (κ1) is 12.3. The monoisotopic (exact) mass is 275 g/mol. The highest BCUT2D eigenvalue weighted by Crippen LogP contribution is 2.26. The van der Waals surface area contributed by atoms with E-state index in [9.17, 15) is 0 Å². The van der Waals surface area contributed by atoms with E-state index in [4.69, 9.17) is 4.98 Å². The Morgan fingerprint density at radius 1 is 1.05 bits per heavy atom. The van der Waals surface area contributed by atoms with Crippen molar-refractivity contribution in [2.45, 2.75) is 26.3 Å². The second-order valence-electron chi connectivity index (χ2n) is 5.47. The lowest BCUT2D eigenvalue weighted by Gasteiger charge is -2.05. The Morgan fingerprint density at radius 3 is 2.86 bits per heavy atom. The summed E-state index contributed by atoms with van der Waals surface area (Å²) in [6.45, 7) is 3.24. The number of imidazole rings is 1. The Morgan fingerprint density at radius 2 is 1.95 bits per heavy atom. The second-order valence-corrected chi connectivity index (χ2v) is 5.47. The summed E-state index contributed by atoms with van der Waals surface area (Å²) in [5.74, 6) is 0. The zero-order valence-electron chi connectivity index (χ0n) is 12.1. The van der Waals surface area contributed by atoms with Gasteiger partial charge in [0.1, 0.15) is 0 Å². The molecule has 0 unspecified atom stereocenters. The van der Waals surface area contributed by atoms with Crippen molar-refractivity contribution < 1.29 is 0 Å². The molecule has 3 nitrogen and oxygen atoms in total. The molecule has 3 heteroatoms. The molecule has 0 aliphatic carbocycles. The van der Waals surface area contributed by atoms with E-state index in [0.29, 0.717) is 0 Å². The predicted molar refractivity (Wildman–Crippen MR) is 87.4 cm³/mol. The summed E-state index contributed by atoms with van der Waals surface area (Å²) in [6.07, 6.45) is 4.33. The second kappa shape index (κ2) is 4.85. The molecule has 104 valence electrons. The van der Waals surface area contributed by atoms with E-state index < -0.39 is 0 Å². The molecule has 4 aromatic rings. The van der Waals surface area contributed by atoms with Crippen LogP contribution in [0.3, 0.4) is 0 Å². The van der Waals surface area contributed by atoms with Crippen molar-refractivity contribution in [3.63, 3.8) is 0 Å². The number of hydrogen-bond donors (Lipinski definition) is 0. The van der Waals surface area contributed by atoms with Gasteiger partial charge in [-0.2, -0.15) is 0 Å². The number of pyridine rings is 1. The van der Waals surface area contributed by atoms with Crippen LogP contribution in [0.5, 0.6) is 0 Å². The summed E-state index contributed by atoms with van der Waals surface area (Å²) in [7, 11) is 0. The molecule has 0 radical (unpaired) electrons. The van der Waals surface area contributed by atoms with E-state index in [0.717, 1.165) is 28.5 Å². The maximum atomic E-state index is 4.75. The topological polar surface area (TPSA) is 30.7 Å². The summed E-state index contributed by atoms with van der Waals surface area (Å²) in [6, 6.07) is 14.7. The van der Waals surface area contributed by atoms with Crippen molar-refractivity contribution in [2.24, 2.45) is 0 Å². The number of aromatic nitrogens is 3. The minimum Gasteiger partial charge on any atom is -0.331 e. The Labute approximate surface area is 123 Å². The first-order chi connectivity index (χ1) is 10.4. The average Bonchev–Trinajstić information content (AvgIpc) is 2.94. The first-order valence-corrected chi connectivity index (χ1v) is 7.50. The highest BCUT2D eigenvalue weighted by molar-refractivity contribution is 6.06. The van der Waals surface area contributed by atoms with E-state index in [1.165, 1.54) is 23.7 Å². The van der Waals surface area contributed by atoms with Gasteiger partial charge >= 0.3 is 0 Å². The van der Waals surface area contributed by atoms with Gasteiger partial charge in [0, 0.05) is 17.3 Å². The molecule has 0 N–H and O–H groups in total. The number of hydrogen-bond acceptors (Lipinski definition) is 2. The molecule has 0 spiro atoms. The van der Waals surface area contributed by atoms with Crippen LogP contribution >= 0.6 is 0 Å². The molecule has 0 fully saturated rings. The van der Waals surface area contributed by atoms with Crippen LogP contribution in [0.2, 0.25) is 0 Å². The van der Waals surface area contributed by atoms with Crippen LogP contribution < -0.4 is 0 Å². The van der Waals surface area contributed by atoms with E-state index >= 15 is 0 Å². The zero-order valence-corrected chi connectivity index (χ0v) is 12.1. The summed E-state index contributed by atoms with van der Waals surface area (Å²) in [4.78, 5) is 9.38. The van der Waals surface area contributed by atoms with Crippen LogP contribution in [0.25, 0.3) is 32.8 Å². The van der Waals surface area contributed by atoms with Gasteiger partial charge in [0.25, 0.3) is 0 Å². The van der Waals surface area contributed by atoms with Crippen LogP contribution in [-0.2, 0) is 6.54 Å². The molecule has 0 aliphatic heterocycles. The lowest BCUT2D eigenvalue weighted by atomic mass is 10.1. The molecule has 2 heterocycles. The smallest absolute Gasteiger partial charge is 0.0978 e. The molecular weight excluding hydrogens is 258 g/mol. The van der Waals surface area contributed by atoms with Crippen molar-refractivity contribution in [2.75, 3.05) is 0 Å². The average molecular weight is 275 g/mol. The normalized spacial score (nSPS) is 11.7. The van der Waals surface area contributed by atoms with Crippen LogP contribution in [0.1, 0.15) is 19.8 Å². The molecule has 0 saturated carbocycles. The Hall–Kier alpha value is -2.42. The number of benzene rings is 2. The van der Waals surface area contributed by atoms with Crippen LogP contribution in [-0.4, -0.2) is 14.5 Å². The molecule has 0 atom stereocenters. The van der Waals surface area contributed by atoms with Crippen LogP contribution in [0.4, 0.5) is 0 Å². The minimum absolute atomic E-state index is 1.02. The van der Waals surface area contributed by atoms with Gasteiger partial charge in [0.05, 0.1) is 28.4 Å². The molecule has 2 aromatic carbocycles. The molecular formula is C18H17N3. The number of nitrogens with zero attached hydrogens (tertiary/aromatic N) is 3. The van der Waals surface area contributed by atoms with Gasteiger partial charge in [-0.3, -0.25) is 0 Å². The molecule has 0 saturated heterocycles. The Balaban J connectivity index is 1.99. The molecule has 0 aliphatic rings. The number of fused-ring (bicyclic) bond motifs is 4. The van der Waals surface area contributed by atoms with Crippen molar-refractivity contribution in [1.82, 2.24) is 14.5 Å². The third kappa shape index (κ3) is 1.97. The highest BCUT2D eigenvalue weighted by Gasteiger charge is 2.08. The molecule has 0 bridgehead atoms. The van der Waals surface area contributed by atoms with E-state index in [1.807, 2.05) is 12.4 Å². The van der Waals surface area contributed by atoms with Gasteiger partial charge in [0.2, 0.25) is 0 Å². The molecule has 4 rings (SSSR count). The lowest BCUT2D eigenvalue weighted by Crippen LogP contribution is -1.95. The van der Waals surface area contributed by atoms with Gasteiger partial charge in [-0.05, 0) is 30.7 Å². The SMILES string of the molecule is CCCCn1cnc2c3cc4ccccc4nc3ccc21. The Bertz CT molecular complexity index is 937. The van der Waals surface area contributed by atoms with Crippen molar-refractivity contribution in [3.8, 4) is 0 Å². The molecule has 0 amide bonds. The number of rotatable bonds is 3. The summed E-state index contributed by atoms with van der Waals surface area (Å²) in [5.41, 5.74) is 4.31. The van der Waals surface area contributed by atoms with Gasteiger partial charge < -0.3 is 4.57 Å². The van der Waals surface area contributed by atoms with E-state index in [2.05, 4.69) is 52.9 Å². The maximum Gasteiger partial charge on any atom is 0.0978 e. The van der Waals surface area contributed by atoms with Crippen LogP contribution in [0, 0.1) is 0 Å². The quantitative estimate of drug-likeness (QED) is 0.514. The fourth-order valence-corrected chi connectivity index (χ4v) is 2.89. The van der Waals surface area contributed by atoms with Gasteiger partial charge in [-0.15, -0.1) is 0 Å². The van der Waals surface area contributed by atoms with E-state index in [-0.39, 0.29) is 0 Å². The summed E-state index contributed by atoms with van der Waals surface area (Å²) >= 11 is 0. The maximum absolute atomic E-state index is 4.75. The fourth-order valence-electron chi connectivity index (χ4n) is 2.89. The summed E-state index contributed by atoms with van der Waals surface area (Å²) in [5, 5.41) is 2.31. The lowest BCUT2D eigenvalue weighted by molar-refractivity contribution is 0.646. The number of aryl methyl sites for hydroxylation is 1. The first-order valence-electron chi connectivity index (χ1n) is 7.50. The Kier molecular flexibility index (Phi) is 2.85. The largest absolute Gasteiger partial charge is 0.331 e. The minimum atomic E-state index is 1.02. The van der Waals surface area contributed by atoms with Crippen molar-refractivity contribution >= 4 is 32.8 Å². The van der Waals surface area contributed by atoms with Crippen LogP contribution in [0.15, 0.2) is 48.8 Å². The van der Waals surface area contributed by atoms with Crippen molar-refractivity contribution in [1.29, 1.82) is 0 Å². The van der Waals surface area contributed by atoms with Crippen molar-refractivity contribution in [3.05, 3.63) is 48.8 Å². The molecule has 21 heavy (non-hydrogen) atoms. The van der Waals surface area contributed by atoms with Gasteiger partial charge in [0.15, 0.2) is 0 Å². The zero-order chi connectivity index (χ0) is 14.2. The third-order valence-corrected chi connectivity index (χ3v) is 4.04. The fraction of sp³-hybridized carbons (Fsp3) is 0.222. The number of unbranched alkanes of at least 4 members (excludes halogenated alkanes) is 1. The van der Waals surface area contributed by atoms with Gasteiger partial charge in [-0.25, -0.2) is 9.97 Å². The standard InChI is InChI=1S/C18H17N3/c1-2-3-10-21-12-19-18-14-11-13-6-4-5-7-15(13)20-16(14)8-9-17(18)21/h4-9,11-12H,2-3,10H2,1H3. The molecule has 2 aromatic heterocycles. The predicted octanol–water partition coefficient (Wildman–Crippen LogP) is 4.54. The van der Waals surface area contributed by atoms with Gasteiger partial charge in [-0.1, -0.05) is 31.5 Å². The number of para-hydroxylation sites is 1. The third-order valence-electron chi connectivity index (χ3n) is 4.04.